The number of ether oxygens (including phenoxy) is 1. The zero-order valence-electron chi connectivity index (χ0n) is 11.0. The zero-order valence-corrected chi connectivity index (χ0v) is 11.8. The summed E-state index contributed by atoms with van der Waals surface area (Å²) in [5, 5.41) is 18.0. The summed E-state index contributed by atoms with van der Waals surface area (Å²) in [6.07, 6.45) is -0.356. The number of thioether (sulfide) groups is 1. The Bertz CT molecular complexity index is 567. The predicted octanol–water partition coefficient (Wildman–Crippen LogP) is 2.77. The number of carbonyl (C=O) groups is 1. The van der Waals surface area contributed by atoms with Gasteiger partial charge in [0.05, 0.1) is 31.3 Å². The molecule has 0 heterocycles. The summed E-state index contributed by atoms with van der Waals surface area (Å²) in [7, 11) is 0. The van der Waals surface area contributed by atoms with Gasteiger partial charge < -0.3 is 9.84 Å². The molecule has 114 valence electrons. The minimum atomic E-state index is -4.54. The topological polar surface area (TPSA) is 70.3 Å². The molecule has 4 nitrogen and oxygen atoms in total. The van der Waals surface area contributed by atoms with Gasteiger partial charge >= 0.3 is 11.5 Å². The molecule has 1 aromatic rings. The van der Waals surface area contributed by atoms with E-state index < -0.39 is 29.8 Å². The molecule has 0 atom stereocenters. The molecule has 0 spiro atoms. The molecule has 0 aliphatic carbocycles. The number of nitriles is 1. The van der Waals surface area contributed by atoms with Crippen LogP contribution in [0.2, 0.25) is 0 Å². The molecule has 0 radical (unpaired) electrons. The largest absolute Gasteiger partial charge is 0.466 e. The molecule has 8 heteroatoms. The van der Waals surface area contributed by atoms with Crippen LogP contribution in [0.3, 0.4) is 0 Å². The van der Waals surface area contributed by atoms with Crippen LogP contribution in [0.1, 0.15) is 23.6 Å². The van der Waals surface area contributed by atoms with Crippen LogP contribution < -0.4 is 0 Å². The van der Waals surface area contributed by atoms with Gasteiger partial charge in [-0.1, -0.05) is 6.07 Å². The van der Waals surface area contributed by atoms with E-state index in [0.717, 1.165) is 6.07 Å². The summed E-state index contributed by atoms with van der Waals surface area (Å²) in [6, 6.07) is 3.97. The van der Waals surface area contributed by atoms with E-state index in [-0.39, 0.29) is 34.6 Å². The first-order valence-electron chi connectivity index (χ1n) is 5.88. The predicted molar refractivity (Wildman–Crippen MR) is 69.3 cm³/mol. The normalized spacial score (nSPS) is 11.0. The summed E-state index contributed by atoms with van der Waals surface area (Å²) < 4.78 is 42.3. The molecule has 0 aromatic heterocycles. The van der Waals surface area contributed by atoms with Gasteiger partial charge in [-0.05, 0) is 35.9 Å². The molecule has 0 fully saturated rings. The van der Waals surface area contributed by atoms with Gasteiger partial charge in [0.2, 0.25) is 0 Å². The average Bonchev–Trinajstić information content (AvgIpc) is 2.38. The minimum Gasteiger partial charge on any atom is -0.466 e. The maximum Gasteiger partial charge on any atom is 0.446 e. The van der Waals surface area contributed by atoms with Crippen molar-refractivity contribution in [3.05, 3.63) is 28.8 Å². The van der Waals surface area contributed by atoms with Crippen molar-refractivity contribution in [3.8, 4) is 6.07 Å². The number of benzene rings is 1. The highest BCUT2D eigenvalue weighted by Crippen LogP contribution is 2.39. The number of esters is 1. The maximum absolute atomic E-state index is 12.5. The zero-order chi connectivity index (χ0) is 16.0. The third-order valence-corrected chi connectivity index (χ3v) is 3.27. The van der Waals surface area contributed by atoms with Gasteiger partial charge in [-0.15, -0.1) is 0 Å². The molecule has 0 aliphatic heterocycles. The highest BCUT2D eigenvalue weighted by atomic mass is 32.2. The monoisotopic (exact) mass is 319 g/mol. The van der Waals surface area contributed by atoms with E-state index in [0.29, 0.717) is 0 Å². The fourth-order valence-corrected chi connectivity index (χ4v) is 2.32. The Morgan fingerprint density at radius 2 is 2.10 bits per heavy atom. The fourth-order valence-electron chi connectivity index (χ4n) is 1.64. The highest BCUT2D eigenvalue weighted by molar-refractivity contribution is 8.00. The molecule has 0 bridgehead atoms. The van der Waals surface area contributed by atoms with Gasteiger partial charge in [-0.25, -0.2) is 0 Å². The van der Waals surface area contributed by atoms with Crippen LogP contribution in [0.4, 0.5) is 13.2 Å². The van der Waals surface area contributed by atoms with E-state index in [1.54, 1.807) is 13.0 Å². The first-order valence-corrected chi connectivity index (χ1v) is 6.70. The number of halogens is 3. The van der Waals surface area contributed by atoms with Crippen LogP contribution in [0, 0.1) is 11.3 Å². The Labute approximate surface area is 123 Å². The number of hydrogen-bond acceptors (Lipinski definition) is 5. The quantitative estimate of drug-likeness (QED) is 0.667. The average molecular weight is 319 g/mol. The SMILES string of the molecule is CCOC(=O)Cc1cc(CO)c(C#N)cc1SC(F)(F)F. The standard InChI is InChI=1S/C13H12F3NO3S/c1-2-20-12(19)5-8-3-10(7-18)9(6-17)4-11(8)21-13(14,15)16/h3-4,18H,2,5,7H2,1H3. The summed E-state index contributed by atoms with van der Waals surface area (Å²) >= 11 is -0.404. The maximum atomic E-state index is 12.5. The number of alkyl halides is 3. The van der Waals surface area contributed by atoms with Crippen LogP contribution in [0.5, 0.6) is 0 Å². The number of rotatable bonds is 5. The van der Waals surface area contributed by atoms with E-state index in [9.17, 15) is 18.0 Å². The third-order valence-electron chi connectivity index (χ3n) is 2.44. The smallest absolute Gasteiger partial charge is 0.446 e. The third kappa shape index (κ3) is 5.28. The molecule has 1 rings (SSSR count). The van der Waals surface area contributed by atoms with E-state index in [1.165, 1.54) is 6.07 Å². The van der Waals surface area contributed by atoms with Crippen molar-refractivity contribution in [2.24, 2.45) is 0 Å². The van der Waals surface area contributed by atoms with Crippen molar-refractivity contribution in [3.63, 3.8) is 0 Å². The summed E-state index contributed by atoms with van der Waals surface area (Å²) in [4.78, 5) is 11.2. The van der Waals surface area contributed by atoms with Gasteiger partial charge in [0.1, 0.15) is 0 Å². The Morgan fingerprint density at radius 3 is 2.57 bits per heavy atom. The second-order valence-corrected chi connectivity index (χ2v) is 5.02. The second-order valence-electron chi connectivity index (χ2n) is 3.92. The molecule has 0 aliphatic rings. The number of carbonyl (C=O) groups excluding carboxylic acids is 1. The number of hydrogen-bond donors (Lipinski definition) is 1. The van der Waals surface area contributed by atoms with Crippen molar-refractivity contribution in [1.82, 2.24) is 0 Å². The van der Waals surface area contributed by atoms with Gasteiger partial charge in [0.15, 0.2) is 0 Å². The lowest BCUT2D eigenvalue weighted by molar-refractivity contribution is -0.142. The first kappa shape index (κ1) is 17.3. The lowest BCUT2D eigenvalue weighted by Crippen LogP contribution is -2.10. The number of nitrogens with zero attached hydrogens (tertiary/aromatic N) is 1. The molecular weight excluding hydrogens is 307 g/mol. The Balaban J connectivity index is 3.23. The summed E-state index contributed by atoms with van der Waals surface area (Å²) in [5.74, 6) is -0.671. The molecule has 21 heavy (non-hydrogen) atoms. The Morgan fingerprint density at radius 1 is 1.43 bits per heavy atom. The molecule has 0 saturated carbocycles. The minimum absolute atomic E-state index is 0.0585. The molecule has 1 N–H and O–H groups in total. The van der Waals surface area contributed by atoms with Crippen molar-refractivity contribution >= 4 is 17.7 Å². The molecule has 0 amide bonds. The highest BCUT2D eigenvalue weighted by Gasteiger charge is 2.31. The van der Waals surface area contributed by atoms with Crippen LogP contribution in [-0.2, 0) is 22.6 Å². The molecule has 1 aromatic carbocycles. The van der Waals surface area contributed by atoms with Gasteiger partial charge in [0, 0.05) is 4.90 Å². The van der Waals surface area contributed by atoms with Crippen molar-refractivity contribution < 1.29 is 27.8 Å². The van der Waals surface area contributed by atoms with Crippen LogP contribution >= 0.6 is 11.8 Å². The molecular formula is C13H12F3NO3S. The number of aliphatic hydroxyl groups is 1. The van der Waals surface area contributed by atoms with E-state index >= 15 is 0 Å². The number of aliphatic hydroxyl groups excluding tert-OH is 1. The van der Waals surface area contributed by atoms with Crippen LogP contribution in [0.15, 0.2) is 17.0 Å². The van der Waals surface area contributed by atoms with Crippen molar-refractivity contribution in [2.75, 3.05) is 6.61 Å². The molecule has 0 saturated heterocycles. The van der Waals surface area contributed by atoms with Gasteiger partial charge in [-0.2, -0.15) is 18.4 Å². The first-order chi connectivity index (χ1) is 9.80. The Hall–Kier alpha value is -1.72. The lowest BCUT2D eigenvalue weighted by Gasteiger charge is -2.13. The van der Waals surface area contributed by atoms with Crippen molar-refractivity contribution in [2.45, 2.75) is 30.4 Å². The summed E-state index contributed by atoms with van der Waals surface area (Å²) in [5.41, 5.74) is -4.37. The van der Waals surface area contributed by atoms with Crippen LogP contribution in [0.25, 0.3) is 0 Å². The van der Waals surface area contributed by atoms with Gasteiger partial charge in [-0.3, -0.25) is 4.79 Å². The van der Waals surface area contributed by atoms with E-state index in [1.807, 2.05) is 0 Å². The molecule has 0 unspecified atom stereocenters. The van der Waals surface area contributed by atoms with E-state index in [4.69, 9.17) is 15.1 Å². The Kier molecular flexibility index (Phi) is 6.05. The summed E-state index contributed by atoms with van der Waals surface area (Å²) in [6.45, 7) is 1.20. The van der Waals surface area contributed by atoms with Gasteiger partial charge in [0.25, 0.3) is 0 Å². The second kappa shape index (κ2) is 7.33. The van der Waals surface area contributed by atoms with Crippen molar-refractivity contribution in [1.29, 1.82) is 5.26 Å². The van der Waals surface area contributed by atoms with Crippen LogP contribution in [-0.4, -0.2) is 23.2 Å². The lowest BCUT2D eigenvalue weighted by atomic mass is 10.0. The fraction of sp³-hybridized carbons (Fsp3) is 0.385. The van der Waals surface area contributed by atoms with E-state index in [2.05, 4.69) is 0 Å².